The predicted octanol–water partition coefficient (Wildman–Crippen LogP) is 3.33. The molecule has 17 nitrogen and oxygen atoms in total. The molecule has 0 bridgehead atoms. The van der Waals surface area contributed by atoms with Crippen LogP contribution in [0.25, 0.3) is 0 Å². The van der Waals surface area contributed by atoms with Gasteiger partial charge in [-0.25, -0.2) is 14.5 Å². The van der Waals surface area contributed by atoms with Crippen LogP contribution in [0.5, 0.6) is 11.5 Å². The normalized spacial score (nSPS) is 19.5. The minimum absolute atomic E-state index is 0.0434. The first-order chi connectivity index (χ1) is 24.6. The van der Waals surface area contributed by atoms with Crippen LogP contribution < -0.4 is 14.4 Å². The molecule has 17 heteroatoms. The number of likely N-dealkylation sites (tertiary alicyclic amines) is 1. The third kappa shape index (κ3) is 12.0. The maximum Gasteiger partial charge on any atom is 0.328 e. The summed E-state index contributed by atoms with van der Waals surface area (Å²) in [6.07, 6.45) is -0.230. The van der Waals surface area contributed by atoms with Crippen molar-refractivity contribution >= 4 is 17.6 Å². The Hall–Kier alpha value is -3.62. The van der Waals surface area contributed by atoms with Gasteiger partial charge in [-0.2, -0.15) is 0 Å². The highest BCUT2D eigenvalue weighted by Gasteiger charge is 2.43. The van der Waals surface area contributed by atoms with Gasteiger partial charge in [0.15, 0.2) is 0 Å². The molecular formula is C34H50N4O13. The molecule has 4 atom stereocenters. The number of anilines is 1. The fourth-order valence-corrected chi connectivity index (χ4v) is 6.39. The minimum Gasteiger partial charge on any atom is -0.497 e. The fourth-order valence-electron chi connectivity index (χ4n) is 6.39. The van der Waals surface area contributed by atoms with E-state index in [1.54, 1.807) is 21.1 Å². The zero-order valence-corrected chi connectivity index (χ0v) is 29.3. The molecule has 4 rings (SSSR count). The zero-order chi connectivity index (χ0) is 36.8. The van der Waals surface area contributed by atoms with E-state index >= 15 is 0 Å². The summed E-state index contributed by atoms with van der Waals surface area (Å²) in [7, 11) is 3.27. The Morgan fingerprint density at radius 3 is 2.51 bits per heavy atom. The maximum atomic E-state index is 13.8. The van der Waals surface area contributed by atoms with Crippen molar-refractivity contribution in [3.8, 4) is 11.5 Å². The van der Waals surface area contributed by atoms with Crippen molar-refractivity contribution in [2.75, 3.05) is 65.2 Å². The lowest BCUT2D eigenvalue weighted by Gasteiger charge is -2.43. The molecule has 2 aliphatic heterocycles. The van der Waals surface area contributed by atoms with Crippen molar-refractivity contribution in [2.45, 2.75) is 69.8 Å². The van der Waals surface area contributed by atoms with Gasteiger partial charge in [-0.1, -0.05) is 18.2 Å². The van der Waals surface area contributed by atoms with E-state index in [2.05, 4.69) is 15.8 Å². The smallest absolute Gasteiger partial charge is 0.328 e. The molecule has 0 spiro atoms. The number of carbonyl (C=O) groups is 2. The number of ether oxygens (including phenoxy) is 5. The number of benzene rings is 2. The number of piperidine rings is 1. The van der Waals surface area contributed by atoms with Gasteiger partial charge in [0, 0.05) is 39.1 Å². The molecule has 0 aliphatic carbocycles. The number of hydrogen-bond acceptors (Lipinski definition) is 16. The second-order valence-electron chi connectivity index (χ2n) is 12.2. The average molecular weight is 723 g/mol. The van der Waals surface area contributed by atoms with Gasteiger partial charge in [-0.15, -0.1) is 0 Å². The van der Waals surface area contributed by atoms with Gasteiger partial charge in [-0.3, -0.25) is 25.6 Å². The second-order valence-corrected chi connectivity index (χ2v) is 12.2. The Kier molecular flexibility index (Phi) is 16.1. The first-order valence-electron chi connectivity index (χ1n) is 17.0. The molecule has 2 aromatic carbocycles. The molecule has 1 amide bonds. The molecule has 0 saturated carbocycles. The number of amides is 1. The predicted molar refractivity (Wildman–Crippen MR) is 177 cm³/mol. The summed E-state index contributed by atoms with van der Waals surface area (Å²) in [5.41, 5.74) is 2.83. The molecule has 4 N–H and O–H groups in total. The molecular weight excluding hydrogens is 672 g/mol. The van der Waals surface area contributed by atoms with Gasteiger partial charge in [0.05, 0.1) is 49.4 Å². The Balaban J connectivity index is 1.54. The number of fused-ring (bicyclic) bond motifs is 1. The van der Waals surface area contributed by atoms with Gasteiger partial charge in [0.25, 0.3) is 0 Å². The van der Waals surface area contributed by atoms with Gasteiger partial charge in [-0.05, 0) is 68.0 Å². The molecule has 284 valence electrons. The van der Waals surface area contributed by atoms with Crippen LogP contribution in [0.3, 0.4) is 0 Å². The largest absolute Gasteiger partial charge is 0.497 e. The molecule has 1 fully saturated rings. The highest BCUT2D eigenvalue weighted by atomic mass is 17.1. The molecule has 4 unspecified atom stereocenters. The average Bonchev–Trinajstić information content (AvgIpc) is 3.12. The van der Waals surface area contributed by atoms with E-state index in [9.17, 15) is 9.59 Å². The molecule has 2 aromatic rings. The molecule has 2 aliphatic rings. The first kappa shape index (κ1) is 40.2. The third-order valence-corrected chi connectivity index (χ3v) is 8.86. The highest BCUT2D eigenvalue weighted by molar-refractivity contribution is 5.85. The maximum absolute atomic E-state index is 13.8. The van der Waals surface area contributed by atoms with Gasteiger partial charge in [0.2, 0.25) is 5.91 Å². The molecule has 0 aromatic heterocycles. The van der Waals surface area contributed by atoms with E-state index in [1.165, 1.54) is 4.90 Å². The summed E-state index contributed by atoms with van der Waals surface area (Å²) >= 11 is 0. The summed E-state index contributed by atoms with van der Waals surface area (Å²) in [4.78, 5) is 40.2. The van der Waals surface area contributed by atoms with Crippen molar-refractivity contribution in [2.24, 2.45) is 0 Å². The third-order valence-electron chi connectivity index (χ3n) is 8.86. The summed E-state index contributed by atoms with van der Waals surface area (Å²) in [5, 5.41) is 34.8. The molecule has 0 radical (unpaired) electrons. The molecule has 51 heavy (non-hydrogen) atoms. The summed E-state index contributed by atoms with van der Waals surface area (Å²) < 4.78 is 28.6. The summed E-state index contributed by atoms with van der Waals surface area (Å²) in [6, 6.07) is 12.6. The van der Waals surface area contributed by atoms with E-state index in [4.69, 9.17) is 49.4 Å². The molecule has 2 heterocycles. The van der Waals surface area contributed by atoms with Crippen molar-refractivity contribution in [3.05, 3.63) is 53.6 Å². The van der Waals surface area contributed by atoms with Crippen molar-refractivity contribution in [3.63, 3.8) is 0 Å². The number of rotatable bonds is 20. The van der Waals surface area contributed by atoms with Crippen LogP contribution in [0.2, 0.25) is 0 Å². The number of carbonyl (C=O) groups excluding carboxylic acids is 2. The lowest BCUT2D eigenvalue weighted by Crippen LogP contribution is -2.55. The van der Waals surface area contributed by atoms with Crippen LogP contribution in [0, 0.1) is 0 Å². The molecule has 1 saturated heterocycles. The van der Waals surface area contributed by atoms with Crippen LogP contribution in [0.15, 0.2) is 42.5 Å². The minimum atomic E-state index is -1.05. The van der Waals surface area contributed by atoms with Gasteiger partial charge < -0.3 is 33.5 Å². The van der Waals surface area contributed by atoms with Crippen LogP contribution in [-0.2, 0) is 40.1 Å². The van der Waals surface area contributed by atoms with Crippen LogP contribution in [0.4, 0.5) is 5.69 Å². The van der Waals surface area contributed by atoms with E-state index in [0.29, 0.717) is 19.0 Å². The van der Waals surface area contributed by atoms with Gasteiger partial charge in [0.1, 0.15) is 36.9 Å². The van der Waals surface area contributed by atoms with E-state index in [1.807, 2.05) is 36.4 Å². The highest BCUT2D eigenvalue weighted by Crippen LogP contribution is 2.37. The lowest BCUT2D eigenvalue weighted by atomic mass is 9.82. The SMILES string of the molecule is CCOC(=O)C1CC(c2ccc(OC)cc2)C(OCc2ccc3c(c2)N(CCCOC)CCO3)CN1C(=O)CCCC(CON(O)O)ON(O)O. The number of hydrogen-bond donors (Lipinski definition) is 4. The van der Waals surface area contributed by atoms with Crippen molar-refractivity contribution in [1.29, 1.82) is 0 Å². The van der Waals surface area contributed by atoms with Crippen molar-refractivity contribution in [1.82, 2.24) is 15.7 Å². The first-order valence-corrected chi connectivity index (χ1v) is 17.0. The van der Waals surface area contributed by atoms with Crippen LogP contribution >= 0.6 is 0 Å². The lowest BCUT2D eigenvalue weighted by molar-refractivity contribution is -0.527. The van der Waals surface area contributed by atoms with Crippen molar-refractivity contribution < 1.29 is 63.8 Å². The summed E-state index contributed by atoms with van der Waals surface area (Å²) in [5.74, 6) is 0.350. The summed E-state index contributed by atoms with van der Waals surface area (Å²) in [6.45, 7) is 4.56. The Labute approximate surface area is 297 Å². The quantitative estimate of drug-likeness (QED) is 0.0883. The second kappa shape index (κ2) is 20.4. The Morgan fingerprint density at radius 2 is 1.82 bits per heavy atom. The van der Waals surface area contributed by atoms with Gasteiger partial charge >= 0.3 is 5.97 Å². The number of esters is 1. The zero-order valence-electron chi connectivity index (χ0n) is 29.3. The topological polar surface area (TPSA) is 193 Å². The van der Waals surface area contributed by atoms with E-state index in [0.717, 1.165) is 42.1 Å². The van der Waals surface area contributed by atoms with E-state index in [-0.39, 0.29) is 57.3 Å². The van der Waals surface area contributed by atoms with Crippen LogP contribution in [0.1, 0.15) is 56.1 Å². The fraction of sp³-hybridized carbons (Fsp3) is 0.588. The monoisotopic (exact) mass is 722 g/mol. The Bertz CT molecular complexity index is 1370. The van der Waals surface area contributed by atoms with E-state index < -0.39 is 41.6 Å². The standard InChI is InChI=1S/C34H50N4O13/c1-4-47-34(40)30-20-28(25-10-12-26(46-3)13-11-25)32(21-36(30)33(39)8-5-7-27(51-38(43)44)23-50-37(41)42)49-22-24-9-14-31-29(19-24)35(16-18-48-31)15-6-17-45-2/h9-14,19,27-28,30,32,41-44H,4-8,15-18,20-23H2,1-3H3. The Morgan fingerprint density at radius 1 is 1.04 bits per heavy atom. The number of methoxy groups -OCH3 is 2. The van der Waals surface area contributed by atoms with Crippen LogP contribution in [-0.4, -0.2) is 127 Å². The number of nitrogens with zero attached hydrogens (tertiary/aromatic N) is 4.